The van der Waals surface area contributed by atoms with Crippen LogP contribution in [0.3, 0.4) is 0 Å². The molecule has 1 aliphatic heterocycles. The van der Waals surface area contributed by atoms with Crippen LogP contribution in [0.5, 0.6) is 11.5 Å². The van der Waals surface area contributed by atoms with Gasteiger partial charge in [-0.2, -0.15) is 0 Å². The molecular formula is C15H15BrO3S. The first-order valence-electron chi connectivity index (χ1n) is 6.48. The maximum absolute atomic E-state index is 10.6. The highest BCUT2D eigenvalue weighted by molar-refractivity contribution is 9.10. The minimum absolute atomic E-state index is 0.636. The monoisotopic (exact) mass is 354 g/mol. The summed E-state index contributed by atoms with van der Waals surface area (Å²) < 4.78 is 12.2. The van der Waals surface area contributed by atoms with Crippen molar-refractivity contribution in [2.24, 2.45) is 0 Å². The number of aliphatic hydroxyl groups is 1. The molecule has 3 nitrogen and oxygen atoms in total. The summed E-state index contributed by atoms with van der Waals surface area (Å²) in [5.41, 5.74) is 1.91. The Morgan fingerprint density at radius 2 is 2.10 bits per heavy atom. The van der Waals surface area contributed by atoms with E-state index in [4.69, 9.17) is 9.47 Å². The fraction of sp³-hybridized carbons (Fsp3) is 0.333. The zero-order chi connectivity index (χ0) is 14.1. The van der Waals surface area contributed by atoms with E-state index in [2.05, 4.69) is 15.9 Å². The van der Waals surface area contributed by atoms with Crippen molar-refractivity contribution in [1.29, 1.82) is 0 Å². The predicted molar refractivity (Wildman–Crippen MR) is 82.9 cm³/mol. The van der Waals surface area contributed by atoms with Crippen LogP contribution < -0.4 is 9.47 Å². The molecule has 1 atom stereocenters. The summed E-state index contributed by atoms with van der Waals surface area (Å²) in [6.45, 7) is 3.29. The third-order valence-corrected chi connectivity index (χ3v) is 4.95. The lowest BCUT2D eigenvalue weighted by atomic mass is 10.1. The minimum Gasteiger partial charge on any atom is -0.490 e. The second kappa shape index (κ2) is 5.76. The van der Waals surface area contributed by atoms with Crippen molar-refractivity contribution in [3.63, 3.8) is 0 Å². The molecule has 0 aliphatic carbocycles. The second-order valence-electron chi connectivity index (χ2n) is 4.75. The Labute approximate surface area is 130 Å². The van der Waals surface area contributed by atoms with Crippen LogP contribution in [0.25, 0.3) is 0 Å². The van der Waals surface area contributed by atoms with Gasteiger partial charge in [0, 0.05) is 11.3 Å². The molecule has 2 heterocycles. The first kappa shape index (κ1) is 13.9. The third kappa shape index (κ3) is 2.57. The van der Waals surface area contributed by atoms with E-state index in [1.165, 1.54) is 0 Å². The fourth-order valence-corrected chi connectivity index (χ4v) is 3.74. The molecule has 1 N–H and O–H groups in total. The van der Waals surface area contributed by atoms with Crippen molar-refractivity contribution in [2.45, 2.75) is 19.4 Å². The van der Waals surface area contributed by atoms with E-state index < -0.39 is 6.10 Å². The van der Waals surface area contributed by atoms with Gasteiger partial charge < -0.3 is 14.6 Å². The van der Waals surface area contributed by atoms with Crippen LogP contribution in [0, 0.1) is 6.92 Å². The zero-order valence-electron chi connectivity index (χ0n) is 11.1. The Hall–Kier alpha value is -1.04. The highest BCUT2D eigenvalue weighted by Crippen LogP contribution is 2.41. The average molecular weight is 355 g/mol. The van der Waals surface area contributed by atoms with E-state index in [-0.39, 0.29) is 0 Å². The summed E-state index contributed by atoms with van der Waals surface area (Å²) in [4.78, 5) is 0.964. The van der Waals surface area contributed by atoms with Crippen LogP contribution in [-0.2, 0) is 0 Å². The molecule has 0 fully saturated rings. The van der Waals surface area contributed by atoms with Gasteiger partial charge in [0.2, 0.25) is 0 Å². The van der Waals surface area contributed by atoms with Crippen molar-refractivity contribution < 1.29 is 14.6 Å². The number of benzene rings is 1. The fourth-order valence-electron chi connectivity index (χ4n) is 2.22. The molecule has 106 valence electrons. The number of aliphatic hydroxyl groups excluding tert-OH is 1. The van der Waals surface area contributed by atoms with Crippen LogP contribution >= 0.6 is 27.3 Å². The van der Waals surface area contributed by atoms with Crippen molar-refractivity contribution >= 4 is 27.3 Å². The molecule has 0 amide bonds. The largest absolute Gasteiger partial charge is 0.490 e. The van der Waals surface area contributed by atoms with Crippen molar-refractivity contribution in [1.82, 2.24) is 0 Å². The first-order chi connectivity index (χ1) is 9.66. The number of hydrogen-bond donors (Lipinski definition) is 1. The maximum atomic E-state index is 10.6. The summed E-state index contributed by atoms with van der Waals surface area (Å²) in [5, 5.41) is 12.5. The highest BCUT2D eigenvalue weighted by Gasteiger charge is 2.20. The van der Waals surface area contributed by atoms with Crippen molar-refractivity contribution in [3.8, 4) is 11.5 Å². The van der Waals surface area contributed by atoms with Gasteiger partial charge in [-0.15, -0.1) is 11.3 Å². The van der Waals surface area contributed by atoms with E-state index in [0.29, 0.717) is 19.0 Å². The molecule has 0 bridgehead atoms. The smallest absolute Gasteiger partial charge is 0.175 e. The number of rotatable bonds is 2. The van der Waals surface area contributed by atoms with Gasteiger partial charge in [-0.1, -0.05) is 0 Å². The summed E-state index contributed by atoms with van der Waals surface area (Å²) in [6, 6.07) is 5.79. The predicted octanol–water partition coefficient (Wildman–Crippen LogP) is 4.06. The summed E-state index contributed by atoms with van der Waals surface area (Å²) in [5.74, 6) is 1.42. The molecule has 1 unspecified atom stereocenters. The van der Waals surface area contributed by atoms with Crippen molar-refractivity contribution in [3.05, 3.63) is 44.1 Å². The first-order valence-corrected chi connectivity index (χ1v) is 8.15. The Balaban J connectivity index is 2.01. The van der Waals surface area contributed by atoms with Crippen LogP contribution in [-0.4, -0.2) is 18.3 Å². The van der Waals surface area contributed by atoms with E-state index in [1.54, 1.807) is 11.3 Å². The molecule has 0 saturated carbocycles. The van der Waals surface area contributed by atoms with Crippen LogP contribution in [0.1, 0.15) is 28.5 Å². The number of ether oxygens (including phenoxy) is 2. The molecule has 0 saturated heterocycles. The van der Waals surface area contributed by atoms with Gasteiger partial charge in [0.1, 0.15) is 6.10 Å². The SMILES string of the molecule is Cc1ccsc1C(O)c1cc(Br)c2c(c1)OCCCO2. The maximum Gasteiger partial charge on any atom is 0.175 e. The van der Waals surface area contributed by atoms with E-state index >= 15 is 0 Å². The van der Waals surface area contributed by atoms with E-state index in [1.807, 2.05) is 30.5 Å². The Kier molecular flexibility index (Phi) is 4.01. The number of fused-ring (bicyclic) bond motifs is 1. The third-order valence-electron chi connectivity index (χ3n) is 3.29. The van der Waals surface area contributed by atoms with Gasteiger partial charge in [-0.3, -0.25) is 0 Å². The van der Waals surface area contributed by atoms with Crippen LogP contribution in [0.4, 0.5) is 0 Å². The lowest BCUT2D eigenvalue weighted by Gasteiger charge is -2.15. The van der Waals surface area contributed by atoms with Crippen LogP contribution in [0.2, 0.25) is 0 Å². The molecule has 1 aliphatic rings. The molecule has 3 rings (SSSR count). The highest BCUT2D eigenvalue weighted by atomic mass is 79.9. The number of aryl methyl sites for hydroxylation is 1. The lowest BCUT2D eigenvalue weighted by Crippen LogP contribution is -2.01. The molecule has 20 heavy (non-hydrogen) atoms. The van der Waals surface area contributed by atoms with Crippen molar-refractivity contribution in [2.75, 3.05) is 13.2 Å². The minimum atomic E-state index is -0.636. The van der Waals surface area contributed by atoms with Gasteiger partial charge in [-0.05, 0) is 57.6 Å². The summed E-state index contributed by atoms with van der Waals surface area (Å²) >= 11 is 5.07. The Bertz CT molecular complexity index is 624. The quantitative estimate of drug-likeness (QED) is 0.883. The van der Waals surface area contributed by atoms with E-state index in [9.17, 15) is 5.11 Å². The zero-order valence-corrected chi connectivity index (χ0v) is 13.5. The van der Waals surface area contributed by atoms with Gasteiger partial charge in [0.15, 0.2) is 11.5 Å². The second-order valence-corrected chi connectivity index (χ2v) is 6.55. The standard InChI is InChI=1S/C15H15BrO3S/c1-9-3-6-20-15(9)13(17)10-7-11(16)14-12(8-10)18-4-2-5-19-14/h3,6-8,13,17H,2,4-5H2,1H3. The van der Waals surface area contributed by atoms with Crippen LogP contribution in [0.15, 0.2) is 28.1 Å². The number of hydrogen-bond acceptors (Lipinski definition) is 4. The molecule has 5 heteroatoms. The van der Waals surface area contributed by atoms with Gasteiger partial charge in [0.25, 0.3) is 0 Å². The Morgan fingerprint density at radius 1 is 1.30 bits per heavy atom. The topological polar surface area (TPSA) is 38.7 Å². The van der Waals surface area contributed by atoms with Gasteiger partial charge in [0.05, 0.1) is 17.7 Å². The molecule has 0 radical (unpaired) electrons. The Morgan fingerprint density at radius 3 is 2.85 bits per heavy atom. The van der Waals surface area contributed by atoms with E-state index in [0.717, 1.165) is 32.6 Å². The van der Waals surface area contributed by atoms with Gasteiger partial charge >= 0.3 is 0 Å². The summed E-state index contributed by atoms with van der Waals surface area (Å²) in [7, 11) is 0. The molecule has 1 aromatic heterocycles. The molecule has 2 aromatic rings. The molecule has 0 spiro atoms. The molecule has 1 aromatic carbocycles. The number of thiophene rings is 1. The lowest BCUT2D eigenvalue weighted by molar-refractivity contribution is 0.222. The van der Waals surface area contributed by atoms with Gasteiger partial charge in [-0.25, -0.2) is 0 Å². The molecular weight excluding hydrogens is 340 g/mol. The summed E-state index contributed by atoms with van der Waals surface area (Å²) in [6.07, 6.45) is 0.228. The normalized spacial score (nSPS) is 15.8. The average Bonchev–Trinajstić information content (AvgIpc) is 2.72. The number of halogens is 1.